The lowest BCUT2D eigenvalue weighted by molar-refractivity contribution is -0.125. The number of carbonyl (C=O) groups excluding carboxylic acids is 1. The molecule has 1 aliphatic heterocycles. The van der Waals surface area contributed by atoms with Crippen LogP contribution in [0.25, 0.3) is 11.3 Å². The number of nitrogens with one attached hydrogen (secondary N) is 1. The van der Waals surface area contributed by atoms with Crippen LogP contribution in [0.3, 0.4) is 0 Å². The summed E-state index contributed by atoms with van der Waals surface area (Å²) >= 11 is 1.36. The van der Waals surface area contributed by atoms with Gasteiger partial charge in [0.05, 0.1) is 24.2 Å². The number of benzene rings is 1. The maximum absolute atomic E-state index is 12.6. The zero-order valence-electron chi connectivity index (χ0n) is 15.7. The number of ether oxygens (including phenoxy) is 1. The van der Waals surface area contributed by atoms with Crippen molar-refractivity contribution in [3.05, 3.63) is 47.1 Å². The van der Waals surface area contributed by atoms with Crippen LogP contribution >= 0.6 is 11.3 Å². The topological polar surface area (TPSA) is 90.6 Å². The molecular weight excluding hydrogens is 378 g/mol. The molecule has 0 saturated carbocycles. The van der Waals surface area contributed by atoms with E-state index < -0.39 is 6.10 Å². The average Bonchev–Trinajstić information content (AvgIpc) is 3.41. The summed E-state index contributed by atoms with van der Waals surface area (Å²) < 4.78 is 7.09. The van der Waals surface area contributed by atoms with E-state index in [0.29, 0.717) is 23.0 Å². The SMILES string of the molecule is COc1ccccc1C1=NOC(C(=O)Nc2nc(-c3cn(C)nc3C)cs2)C1. The van der Waals surface area contributed by atoms with Crippen molar-refractivity contribution in [1.82, 2.24) is 14.8 Å². The highest BCUT2D eigenvalue weighted by Crippen LogP contribution is 2.28. The van der Waals surface area contributed by atoms with Gasteiger partial charge < -0.3 is 9.57 Å². The third-order valence-electron chi connectivity index (χ3n) is 4.40. The van der Waals surface area contributed by atoms with Crippen LogP contribution in [0.5, 0.6) is 5.75 Å². The van der Waals surface area contributed by atoms with Gasteiger partial charge in [-0.1, -0.05) is 17.3 Å². The highest BCUT2D eigenvalue weighted by molar-refractivity contribution is 7.14. The molecule has 3 aromatic rings. The Morgan fingerprint density at radius 1 is 1.36 bits per heavy atom. The summed E-state index contributed by atoms with van der Waals surface area (Å²) in [5, 5.41) is 13.6. The normalized spacial score (nSPS) is 15.8. The molecule has 28 heavy (non-hydrogen) atoms. The Bertz CT molecular complexity index is 1060. The number of aryl methyl sites for hydroxylation is 2. The Hall–Kier alpha value is -3.20. The van der Waals surface area contributed by atoms with E-state index in [2.05, 4.69) is 20.6 Å². The van der Waals surface area contributed by atoms with Crippen molar-refractivity contribution >= 4 is 28.1 Å². The van der Waals surface area contributed by atoms with Crippen molar-refractivity contribution in [1.29, 1.82) is 0 Å². The number of nitrogens with zero attached hydrogens (tertiary/aromatic N) is 4. The molecule has 0 aliphatic carbocycles. The molecule has 3 heterocycles. The monoisotopic (exact) mass is 397 g/mol. The first-order valence-corrected chi connectivity index (χ1v) is 9.56. The lowest BCUT2D eigenvalue weighted by Crippen LogP contribution is -2.28. The first kappa shape index (κ1) is 18.2. The van der Waals surface area contributed by atoms with Gasteiger partial charge in [-0.15, -0.1) is 11.3 Å². The molecule has 144 valence electrons. The maximum atomic E-state index is 12.6. The quantitative estimate of drug-likeness (QED) is 0.715. The lowest BCUT2D eigenvalue weighted by atomic mass is 10.0. The fourth-order valence-corrected chi connectivity index (χ4v) is 3.77. The number of aromatic nitrogens is 3. The van der Waals surface area contributed by atoms with Crippen LogP contribution in [0.4, 0.5) is 5.13 Å². The summed E-state index contributed by atoms with van der Waals surface area (Å²) in [5.41, 5.74) is 4.12. The Morgan fingerprint density at radius 3 is 2.93 bits per heavy atom. The summed E-state index contributed by atoms with van der Waals surface area (Å²) in [6, 6.07) is 7.52. The van der Waals surface area contributed by atoms with Crippen LogP contribution < -0.4 is 10.1 Å². The molecule has 0 radical (unpaired) electrons. The van der Waals surface area contributed by atoms with Gasteiger partial charge in [0, 0.05) is 36.2 Å². The predicted octanol–water partition coefficient (Wildman–Crippen LogP) is 2.99. The number of methoxy groups -OCH3 is 1. The van der Waals surface area contributed by atoms with Crippen LogP contribution in [0.2, 0.25) is 0 Å². The summed E-state index contributed by atoms with van der Waals surface area (Å²) in [7, 11) is 3.46. The molecule has 1 N–H and O–H groups in total. The molecule has 1 aliphatic rings. The maximum Gasteiger partial charge on any atom is 0.270 e. The number of hydrogen-bond acceptors (Lipinski definition) is 7. The minimum Gasteiger partial charge on any atom is -0.496 e. The number of thiazole rings is 1. The number of oxime groups is 1. The third kappa shape index (κ3) is 3.48. The summed E-state index contributed by atoms with van der Waals surface area (Å²) in [6.45, 7) is 1.93. The van der Waals surface area contributed by atoms with E-state index in [1.807, 2.05) is 49.8 Å². The number of para-hydroxylation sites is 1. The smallest absolute Gasteiger partial charge is 0.270 e. The largest absolute Gasteiger partial charge is 0.496 e. The number of amides is 1. The van der Waals surface area contributed by atoms with Crippen molar-refractivity contribution in [2.45, 2.75) is 19.4 Å². The molecule has 1 unspecified atom stereocenters. The minimum absolute atomic E-state index is 0.280. The lowest BCUT2D eigenvalue weighted by Gasteiger charge is -2.08. The van der Waals surface area contributed by atoms with E-state index in [0.717, 1.165) is 22.5 Å². The number of carbonyl (C=O) groups is 1. The molecule has 4 rings (SSSR count). The van der Waals surface area contributed by atoms with Crippen molar-refractivity contribution in [2.24, 2.45) is 12.2 Å². The molecule has 1 amide bonds. The van der Waals surface area contributed by atoms with Gasteiger partial charge in [0.15, 0.2) is 5.13 Å². The third-order valence-corrected chi connectivity index (χ3v) is 5.16. The number of hydrogen-bond donors (Lipinski definition) is 1. The van der Waals surface area contributed by atoms with Crippen LogP contribution in [-0.4, -0.2) is 39.6 Å². The molecule has 0 bridgehead atoms. The molecule has 8 nitrogen and oxygen atoms in total. The first-order valence-electron chi connectivity index (χ1n) is 8.68. The van der Waals surface area contributed by atoms with Gasteiger partial charge >= 0.3 is 0 Å². The van der Waals surface area contributed by atoms with Gasteiger partial charge in [0.1, 0.15) is 5.75 Å². The fourth-order valence-electron chi connectivity index (χ4n) is 3.05. The Kier molecular flexibility index (Phi) is 4.82. The average molecular weight is 397 g/mol. The van der Waals surface area contributed by atoms with Crippen molar-refractivity contribution < 1.29 is 14.4 Å². The summed E-state index contributed by atoms with van der Waals surface area (Å²) in [6.07, 6.45) is 1.57. The molecular formula is C19H19N5O3S. The Morgan fingerprint density at radius 2 is 2.18 bits per heavy atom. The Labute approximate surface area is 165 Å². The molecule has 9 heteroatoms. The van der Waals surface area contributed by atoms with E-state index in [-0.39, 0.29) is 5.91 Å². The summed E-state index contributed by atoms with van der Waals surface area (Å²) in [5.74, 6) is 0.416. The van der Waals surface area contributed by atoms with Crippen LogP contribution in [-0.2, 0) is 16.7 Å². The zero-order valence-corrected chi connectivity index (χ0v) is 16.5. The highest BCUT2D eigenvalue weighted by atomic mass is 32.1. The summed E-state index contributed by atoms with van der Waals surface area (Å²) in [4.78, 5) is 22.4. The molecule has 2 aromatic heterocycles. The molecule has 1 aromatic carbocycles. The van der Waals surface area contributed by atoms with Gasteiger partial charge in [-0.05, 0) is 19.1 Å². The second kappa shape index (κ2) is 7.43. The van der Waals surface area contributed by atoms with E-state index in [9.17, 15) is 4.79 Å². The Balaban J connectivity index is 1.42. The predicted molar refractivity (Wildman–Crippen MR) is 107 cm³/mol. The van der Waals surface area contributed by atoms with Crippen molar-refractivity contribution in [3.63, 3.8) is 0 Å². The fraction of sp³-hybridized carbons (Fsp3) is 0.263. The van der Waals surface area contributed by atoms with Crippen LogP contribution in [0.15, 0.2) is 41.0 Å². The number of anilines is 1. The molecule has 1 atom stereocenters. The van der Waals surface area contributed by atoms with Gasteiger partial charge in [-0.3, -0.25) is 14.8 Å². The second-order valence-corrected chi connectivity index (χ2v) is 7.22. The van der Waals surface area contributed by atoms with Gasteiger partial charge in [-0.2, -0.15) is 5.10 Å². The van der Waals surface area contributed by atoms with Gasteiger partial charge in [0.25, 0.3) is 5.91 Å². The minimum atomic E-state index is -0.701. The van der Waals surface area contributed by atoms with Crippen molar-refractivity contribution in [2.75, 3.05) is 12.4 Å². The molecule has 0 fully saturated rings. The zero-order chi connectivity index (χ0) is 19.7. The first-order chi connectivity index (χ1) is 13.5. The highest BCUT2D eigenvalue weighted by Gasteiger charge is 2.30. The van der Waals surface area contributed by atoms with E-state index in [1.165, 1.54) is 11.3 Å². The van der Waals surface area contributed by atoms with E-state index in [1.54, 1.807) is 11.8 Å². The van der Waals surface area contributed by atoms with E-state index >= 15 is 0 Å². The molecule has 0 spiro atoms. The van der Waals surface area contributed by atoms with E-state index in [4.69, 9.17) is 9.57 Å². The van der Waals surface area contributed by atoms with Gasteiger partial charge in [0.2, 0.25) is 6.10 Å². The second-order valence-electron chi connectivity index (χ2n) is 6.37. The number of rotatable bonds is 5. The van der Waals surface area contributed by atoms with Crippen LogP contribution in [0.1, 0.15) is 17.7 Å². The van der Waals surface area contributed by atoms with Crippen LogP contribution in [0, 0.1) is 6.92 Å². The van der Waals surface area contributed by atoms with Gasteiger partial charge in [-0.25, -0.2) is 4.98 Å². The standard InChI is InChI=1S/C19H19N5O3S/c1-11-13(9-24(2)22-11)15-10-28-19(20-15)21-18(25)17-8-14(23-27-17)12-6-4-5-7-16(12)26-3/h4-7,9-10,17H,8H2,1-3H3,(H,20,21,25). The van der Waals surface area contributed by atoms with Crippen molar-refractivity contribution in [3.8, 4) is 17.0 Å². The molecule has 0 saturated heterocycles.